The molecule has 0 N–H and O–H groups in total. The lowest BCUT2D eigenvalue weighted by atomic mass is 10.2. The molecule has 0 aliphatic heterocycles. The highest BCUT2D eigenvalue weighted by atomic mass is 19.1. The van der Waals surface area contributed by atoms with Gasteiger partial charge in [0.1, 0.15) is 0 Å². The lowest BCUT2D eigenvalue weighted by Gasteiger charge is -2.12. The third-order valence-corrected chi connectivity index (χ3v) is 3.33. The molecule has 4 heteroatoms. The highest BCUT2D eigenvalue weighted by Crippen LogP contribution is 2.32. The minimum Gasteiger partial charge on any atom is -0.462 e. The maximum atomic E-state index is 14.5. The van der Waals surface area contributed by atoms with Crippen LogP contribution in [0.15, 0.2) is 48.5 Å². The van der Waals surface area contributed by atoms with Crippen LogP contribution in [0.4, 0.5) is 4.39 Å². The molecule has 0 saturated heterocycles. The van der Waals surface area contributed by atoms with Crippen molar-refractivity contribution in [1.82, 2.24) is 4.57 Å². The maximum Gasteiger partial charge on any atom is 0.362 e. The van der Waals surface area contributed by atoms with Crippen molar-refractivity contribution in [2.75, 3.05) is 6.61 Å². The second kappa shape index (κ2) is 4.96. The van der Waals surface area contributed by atoms with Crippen LogP contribution in [0.2, 0.25) is 0 Å². The third kappa shape index (κ3) is 1.84. The molecule has 0 saturated carbocycles. The number of benzene rings is 2. The molecule has 3 rings (SSSR count). The molecule has 0 amide bonds. The van der Waals surface area contributed by atoms with Crippen molar-refractivity contribution in [3.63, 3.8) is 0 Å². The number of hydrogen-bond donors (Lipinski definition) is 0. The Morgan fingerprint density at radius 3 is 2.10 bits per heavy atom. The van der Waals surface area contributed by atoms with E-state index < -0.39 is 12.3 Å². The van der Waals surface area contributed by atoms with E-state index >= 15 is 0 Å². The Bertz CT molecular complexity index is 725. The summed E-state index contributed by atoms with van der Waals surface area (Å²) in [4.78, 5) is 11.7. The van der Waals surface area contributed by atoms with E-state index in [9.17, 15) is 9.18 Å². The molecule has 1 aromatic heterocycles. The first-order valence-corrected chi connectivity index (χ1v) is 6.52. The predicted molar refractivity (Wildman–Crippen MR) is 76.2 cm³/mol. The summed E-state index contributed by atoms with van der Waals surface area (Å²) in [6.07, 6.45) is -1.83. The number of nitrogens with zero attached hydrogens (tertiary/aromatic N) is 1. The van der Waals surface area contributed by atoms with Crippen LogP contribution >= 0.6 is 0 Å². The third-order valence-electron chi connectivity index (χ3n) is 3.33. The molecular formula is C16H14FNO2. The molecule has 3 aromatic rings. The Kier molecular flexibility index (Phi) is 3.14. The molecule has 0 spiro atoms. The van der Waals surface area contributed by atoms with Gasteiger partial charge in [0.05, 0.1) is 17.6 Å². The van der Waals surface area contributed by atoms with E-state index in [1.54, 1.807) is 19.1 Å². The van der Waals surface area contributed by atoms with Crippen molar-refractivity contribution >= 4 is 27.8 Å². The largest absolute Gasteiger partial charge is 0.462 e. The average Bonchev–Trinajstić information content (AvgIpc) is 2.81. The summed E-state index contributed by atoms with van der Waals surface area (Å²) in [6.45, 7) is 1.83. The Hall–Kier alpha value is -2.36. The van der Waals surface area contributed by atoms with E-state index in [1.807, 2.05) is 36.4 Å². The van der Waals surface area contributed by atoms with Crippen LogP contribution in [0.3, 0.4) is 0 Å². The van der Waals surface area contributed by atoms with Crippen molar-refractivity contribution < 1.29 is 13.9 Å². The van der Waals surface area contributed by atoms with Gasteiger partial charge in [-0.1, -0.05) is 36.4 Å². The summed E-state index contributed by atoms with van der Waals surface area (Å²) in [6, 6.07) is 14.9. The smallest absolute Gasteiger partial charge is 0.362 e. The van der Waals surface area contributed by atoms with E-state index in [4.69, 9.17) is 4.74 Å². The molecular weight excluding hydrogens is 257 g/mol. The highest BCUT2D eigenvalue weighted by molar-refractivity contribution is 6.08. The van der Waals surface area contributed by atoms with Crippen LogP contribution in [-0.4, -0.2) is 17.1 Å². The number of rotatable bonds is 3. The fraction of sp³-hybridized carbons (Fsp3) is 0.188. The molecule has 0 aliphatic rings. The first-order chi connectivity index (χ1) is 9.74. The SMILES string of the molecule is CCOC(=O)C(F)n1c2ccccc2c2ccccc21. The highest BCUT2D eigenvalue weighted by Gasteiger charge is 2.24. The monoisotopic (exact) mass is 271 g/mol. The number of ether oxygens (including phenoxy) is 1. The van der Waals surface area contributed by atoms with Crippen LogP contribution in [-0.2, 0) is 9.53 Å². The van der Waals surface area contributed by atoms with Gasteiger partial charge in [-0.25, -0.2) is 9.18 Å². The van der Waals surface area contributed by atoms with Gasteiger partial charge in [0, 0.05) is 10.8 Å². The molecule has 3 nitrogen and oxygen atoms in total. The topological polar surface area (TPSA) is 31.2 Å². The molecule has 0 radical (unpaired) electrons. The summed E-state index contributed by atoms with van der Waals surface area (Å²) in [5.74, 6) is -0.862. The van der Waals surface area contributed by atoms with Crippen molar-refractivity contribution in [1.29, 1.82) is 0 Å². The zero-order chi connectivity index (χ0) is 14.1. The number of hydrogen-bond acceptors (Lipinski definition) is 2. The number of esters is 1. The second-order valence-electron chi connectivity index (χ2n) is 4.49. The number of para-hydroxylation sites is 2. The Labute approximate surface area is 115 Å². The lowest BCUT2D eigenvalue weighted by molar-refractivity contribution is -0.152. The fourth-order valence-corrected chi connectivity index (χ4v) is 2.51. The molecule has 0 aliphatic carbocycles. The quantitative estimate of drug-likeness (QED) is 0.678. The lowest BCUT2D eigenvalue weighted by Crippen LogP contribution is -2.17. The van der Waals surface area contributed by atoms with E-state index in [0.29, 0.717) is 11.0 Å². The van der Waals surface area contributed by atoms with Crippen LogP contribution < -0.4 is 0 Å². The molecule has 0 bridgehead atoms. The number of halogens is 1. The van der Waals surface area contributed by atoms with Gasteiger partial charge in [0.15, 0.2) is 0 Å². The van der Waals surface area contributed by atoms with Crippen LogP contribution in [0.1, 0.15) is 13.2 Å². The summed E-state index contributed by atoms with van der Waals surface area (Å²) >= 11 is 0. The van der Waals surface area contributed by atoms with E-state index in [1.165, 1.54) is 4.57 Å². The van der Waals surface area contributed by atoms with Crippen LogP contribution in [0, 0.1) is 0 Å². The van der Waals surface area contributed by atoms with Crippen molar-refractivity contribution in [3.8, 4) is 0 Å². The number of fused-ring (bicyclic) bond motifs is 3. The fourth-order valence-electron chi connectivity index (χ4n) is 2.51. The summed E-state index contributed by atoms with van der Waals surface area (Å²) < 4.78 is 20.7. The molecule has 1 heterocycles. The molecule has 0 fully saturated rings. The predicted octanol–water partition coefficient (Wildman–Crippen LogP) is 3.83. The van der Waals surface area contributed by atoms with Gasteiger partial charge >= 0.3 is 5.97 Å². The Morgan fingerprint density at radius 2 is 1.60 bits per heavy atom. The van der Waals surface area contributed by atoms with Crippen molar-refractivity contribution in [2.24, 2.45) is 0 Å². The minimum absolute atomic E-state index is 0.163. The average molecular weight is 271 g/mol. The Balaban J connectivity index is 2.29. The molecule has 1 unspecified atom stereocenters. The standard InChI is InChI=1S/C16H14FNO2/c1-2-20-16(19)15(17)18-13-9-5-3-7-11(13)12-8-4-6-10-14(12)18/h3-10,15H,2H2,1H3. The van der Waals surface area contributed by atoms with Gasteiger partial charge in [-0.3, -0.25) is 0 Å². The summed E-state index contributed by atoms with van der Waals surface area (Å²) in [5, 5.41) is 1.85. The number of carbonyl (C=O) groups is 1. The van der Waals surface area contributed by atoms with Gasteiger partial charge < -0.3 is 9.30 Å². The molecule has 20 heavy (non-hydrogen) atoms. The summed E-state index contributed by atoms with van der Waals surface area (Å²) in [5.41, 5.74) is 1.38. The molecule has 1 atom stereocenters. The van der Waals surface area contributed by atoms with Gasteiger partial charge in [-0.15, -0.1) is 0 Å². The Morgan fingerprint density at radius 1 is 1.10 bits per heavy atom. The van der Waals surface area contributed by atoms with Crippen molar-refractivity contribution in [3.05, 3.63) is 48.5 Å². The maximum absolute atomic E-state index is 14.5. The van der Waals surface area contributed by atoms with Gasteiger partial charge in [0.25, 0.3) is 6.30 Å². The number of carbonyl (C=O) groups excluding carboxylic acids is 1. The van der Waals surface area contributed by atoms with Crippen LogP contribution in [0.5, 0.6) is 0 Å². The number of alkyl halides is 1. The van der Waals surface area contributed by atoms with E-state index in [2.05, 4.69) is 0 Å². The van der Waals surface area contributed by atoms with Crippen molar-refractivity contribution in [2.45, 2.75) is 13.2 Å². The summed E-state index contributed by atoms with van der Waals surface area (Å²) in [7, 11) is 0. The first kappa shape index (κ1) is 12.7. The minimum atomic E-state index is -1.83. The number of aromatic nitrogens is 1. The van der Waals surface area contributed by atoms with Gasteiger partial charge in [-0.2, -0.15) is 0 Å². The van der Waals surface area contributed by atoms with E-state index in [-0.39, 0.29) is 6.61 Å². The molecule has 102 valence electrons. The van der Waals surface area contributed by atoms with Gasteiger partial charge in [-0.05, 0) is 19.1 Å². The zero-order valence-corrected chi connectivity index (χ0v) is 11.0. The normalized spacial score (nSPS) is 12.7. The molecule has 2 aromatic carbocycles. The van der Waals surface area contributed by atoms with E-state index in [0.717, 1.165) is 10.8 Å². The second-order valence-corrected chi connectivity index (χ2v) is 4.49. The zero-order valence-electron chi connectivity index (χ0n) is 11.0. The first-order valence-electron chi connectivity index (χ1n) is 6.52. The van der Waals surface area contributed by atoms with Crippen LogP contribution in [0.25, 0.3) is 21.8 Å². The van der Waals surface area contributed by atoms with Gasteiger partial charge in [0.2, 0.25) is 0 Å².